The van der Waals surface area contributed by atoms with Crippen LogP contribution in [0, 0.1) is 5.92 Å². The Labute approximate surface area is 118 Å². The van der Waals surface area contributed by atoms with Crippen molar-refractivity contribution >= 4 is 23.2 Å². The van der Waals surface area contributed by atoms with Gasteiger partial charge in [-0.1, -0.05) is 24.6 Å². The quantitative estimate of drug-likeness (QED) is 0.791. The number of hydrogen-bond acceptors (Lipinski definition) is 3. The Balaban J connectivity index is 2.31. The van der Waals surface area contributed by atoms with E-state index in [9.17, 15) is 4.79 Å². The molecule has 0 aliphatic carbocycles. The fourth-order valence-electron chi connectivity index (χ4n) is 2.81. The number of carbonyl (C=O) groups is 1. The second-order valence-corrected chi connectivity index (χ2v) is 5.47. The minimum atomic E-state index is -0.690. The van der Waals surface area contributed by atoms with E-state index in [4.69, 9.17) is 17.3 Å². The van der Waals surface area contributed by atoms with Gasteiger partial charge in [-0.25, -0.2) is 0 Å². The molecule has 2 atom stereocenters. The third kappa shape index (κ3) is 2.85. The summed E-state index contributed by atoms with van der Waals surface area (Å²) in [6.45, 7) is 3.66. The average Bonchev–Trinajstić information content (AvgIpc) is 2.39. The largest absolute Gasteiger partial charge is 0.371 e. The molecule has 1 saturated heterocycles. The van der Waals surface area contributed by atoms with Gasteiger partial charge in [-0.15, -0.1) is 0 Å². The number of nitrogens with one attached hydrogen (secondary N) is 2. The van der Waals surface area contributed by atoms with Crippen LogP contribution in [0.2, 0.25) is 5.02 Å². The first-order valence-electron chi connectivity index (χ1n) is 6.63. The summed E-state index contributed by atoms with van der Waals surface area (Å²) in [7, 11) is 0. The van der Waals surface area contributed by atoms with E-state index in [0.717, 1.165) is 25.2 Å². The molecule has 0 bridgehead atoms. The number of anilines is 1. The lowest BCUT2D eigenvalue weighted by Crippen LogP contribution is -2.62. The van der Waals surface area contributed by atoms with Crippen molar-refractivity contribution in [2.75, 3.05) is 18.4 Å². The molecular formula is C14H20ClN3O. The van der Waals surface area contributed by atoms with E-state index in [0.29, 0.717) is 11.4 Å². The fraction of sp³-hybridized carbons (Fsp3) is 0.500. The van der Waals surface area contributed by atoms with E-state index in [1.165, 1.54) is 0 Å². The van der Waals surface area contributed by atoms with E-state index < -0.39 is 5.54 Å². The molecule has 0 radical (unpaired) electrons. The standard InChI is InChI=1S/C14H20ClN3O/c1-2-10-9-17-7-6-14(10,13(16)19)18-12-5-3-4-11(15)8-12/h3-5,8,10,17-18H,2,6-7,9H2,1H3,(H2,16,19). The van der Waals surface area contributed by atoms with Gasteiger partial charge in [0.05, 0.1) is 0 Å². The molecule has 1 amide bonds. The van der Waals surface area contributed by atoms with Crippen LogP contribution < -0.4 is 16.4 Å². The number of amides is 1. The normalized spacial score (nSPS) is 26.9. The lowest BCUT2D eigenvalue weighted by Gasteiger charge is -2.43. The Morgan fingerprint density at radius 2 is 2.42 bits per heavy atom. The van der Waals surface area contributed by atoms with Gasteiger partial charge in [-0.3, -0.25) is 4.79 Å². The Kier molecular flexibility index (Phi) is 4.32. The van der Waals surface area contributed by atoms with Gasteiger partial charge in [0.25, 0.3) is 0 Å². The predicted octanol–water partition coefficient (Wildman–Crippen LogP) is 2.00. The van der Waals surface area contributed by atoms with Crippen LogP contribution in [-0.2, 0) is 4.79 Å². The van der Waals surface area contributed by atoms with Crippen LogP contribution >= 0.6 is 11.6 Å². The van der Waals surface area contributed by atoms with Crippen molar-refractivity contribution in [3.63, 3.8) is 0 Å². The summed E-state index contributed by atoms with van der Waals surface area (Å²) in [4.78, 5) is 12.0. The second-order valence-electron chi connectivity index (χ2n) is 5.03. The molecule has 1 aromatic rings. The van der Waals surface area contributed by atoms with Gasteiger partial charge in [-0.2, -0.15) is 0 Å². The van der Waals surface area contributed by atoms with Crippen LogP contribution in [0.15, 0.2) is 24.3 Å². The summed E-state index contributed by atoms with van der Waals surface area (Å²) in [5.74, 6) is -0.112. The highest BCUT2D eigenvalue weighted by Gasteiger charge is 2.44. The van der Waals surface area contributed by atoms with Crippen LogP contribution in [0.4, 0.5) is 5.69 Å². The number of carbonyl (C=O) groups excluding carboxylic acids is 1. The molecule has 1 aliphatic heterocycles. The predicted molar refractivity (Wildman–Crippen MR) is 78.3 cm³/mol. The highest BCUT2D eigenvalue weighted by molar-refractivity contribution is 6.30. The number of piperidine rings is 1. The van der Waals surface area contributed by atoms with Gasteiger partial charge in [0.1, 0.15) is 5.54 Å². The van der Waals surface area contributed by atoms with Gasteiger partial charge in [0.15, 0.2) is 0 Å². The number of nitrogens with two attached hydrogens (primary N) is 1. The molecule has 1 aromatic carbocycles. The van der Waals surface area contributed by atoms with Crippen molar-refractivity contribution in [1.82, 2.24) is 5.32 Å². The highest BCUT2D eigenvalue weighted by atomic mass is 35.5. The third-order valence-corrected chi connectivity index (χ3v) is 4.14. The van der Waals surface area contributed by atoms with Crippen molar-refractivity contribution in [3.8, 4) is 0 Å². The number of hydrogen-bond donors (Lipinski definition) is 3. The van der Waals surface area contributed by atoms with Crippen LogP contribution in [0.1, 0.15) is 19.8 Å². The summed E-state index contributed by atoms with van der Waals surface area (Å²) in [6, 6.07) is 7.40. The number of benzene rings is 1. The summed E-state index contributed by atoms with van der Waals surface area (Å²) in [5, 5.41) is 7.30. The summed E-state index contributed by atoms with van der Waals surface area (Å²) in [6.07, 6.45) is 1.58. The number of rotatable bonds is 4. The molecule has 0 aromatic heterocycles. The summed E-state index contributed by atoms with van der Waals surface area (Å²) >= 11 is 5.99. The molecule has 1 aliphatic rings. The Morgan fingerprint density at radius 3 is 3.05 bits per heavy atom. The molecule has 1 heterocycles. The number of primary amides is 1. The lowest BCUT2D eigenvalue weighted by atomic mass is 9.76. The summed E-state index contributed by atoms with van der Waals surface area (Å²) in [5.41, 5.74) is 5.84. The minimum Gasteiger partial charge on any atom is -0.371 e. The Bertz CT molecular complexity index is 466. The molecule has 2 rings (SSSR count). The van der Waals surface area contributed by atoms with E-state index in [2.05, 4.69) is 17.6 Å². The van der Waals surface area contributed by atoms with Gasteiger partial charge < -0.3 is 16.4 Å². The Hall–Kier alpha value is -1.26. The van der Waals surface area contributed by atoms with Gasteiger partial charge in [0, 0.05) is 23.2 Å². The first-order valence-corrected chi connectivity index (χ1v) is 7.00. The zero-order valence-corrected chi connectivity index (χ0v) is 11.8. The SMILES string of the molecule is CCC1CNCCC1(Nc1cccc(Cl)c1)C(N)=O. The smallest absolute Gasteiger partial charge is 0.243 e. The molecule has 104 valence electrons. The van der Waals surface area contributed by atoms with Crippen molar-refractivity contribution in [2.45, 2.75) is 25.3 Å². The maximum Gasteiger partial charge on any atom is 0.243 e. The first kappa shape index (κ1) is 14.2. The van der Waals surface area contributed by atoms with E-state index >= 15 is 0 Å². The second kappa shape index (κ2) is 5.80. The first-order chi connectivity index (χ1) is 9.08. The van der Waals surface area contributed by atoms with E-state index in [1.807, 2.05) is 24.3 Å². The lowest BCUT2D eigenvalue weighted by molar-refractivity contribution is -0.125. The molecule has 1 fully saturated rings. The molecular weight excluding hydrogens is 262 g/mol. The maximum atomic E-state index is 12.0. The zero-order chi connectivity index (χ0) is 13.9. The van der Waals surface area contributed by atoms with Crippen LogP contribution in [0.25, 0.3) is 0 Å². The van der Waals surface area contributed by atoms with Crippen molar-refractivity contribution in [3.05, 3.63) is 29.3 Å². The summed E-state index contributed by atoms with van der Waals surface area (Å²) < 4.78 is 0. The Morgan fingerprint density at radius 1 is 1.63 bits per heavy atom. The van der Waals surface area contributed by atoms with E-state index in [-0.39, 0.29) is 11.8 Å². The number of halogens is 1. The molecule has 4 N–H and O–H groups in total. The average molecular weight is 282 g/mol. The monoisotopic (exact) mass is 281 g/mol. The topological polar surface area (TPSA) is 67.2 Å². The maximum absolute atomic E-state index is 12.0. The van der Waals surface area contributed by atoms with Crippen molar-refractivity contribution in [1.29, 1.82) is 0 Å². The molecule has 5 heteroatoms. The van der Waals surface area contributed by atoms with Gasteiger partial charge in [-0.05, 0) is 37.6 Å². The van der Waals surface area contributed by atoms with Crippen LogP contribution in [0.5, 0.6) is 0 Å². The van der Waals surface area contributed by atoms with Gasteiger partial charge >= 0.3 is 0 Å². The fourth-order valence-corrected chi connectivity index (χ4v) is 3.00. The van der Waals surface area contributed by atoms with Crippen molar-refractivity contribution < 1.29 is 4.79 Å². The highest BCUT2D eigenvalue weighted by Crippen LogP contribution is 2.31. The van der Waals surface area contributed by atoms with Crippen LogP contribution in [-0.4, -0.2) is 24.5 Å². The molecule has 4 nitrogen and oxygen atoms in total. The molecule has 0 saturated carbocycles. The molecule has 2 unspecified atom stereocenters. The van der Waals surface area contributed by atoms with Gasteiger partial charge in [0.2, 0.25) is 5.91 Å². The zero-order valence-electron chi connectivity index (χ0n) is 11.1. The third-order valence-electron chi connectivity index (χ3n) is 3.91. The van der Waals surface area contributed by atoms with Crippen LogP contribution in [0.3, 0.4) is 0 Å². The molecule has 0 spiro atoms. The van der Waals surface area contributed by atoms with E-state index in [1.54, 1.807) is 0 Å². The van der Waals surface area contributed by atoms with Crippen molar-refractivity contribution in [2.24, 2.45) is 11.7 Å². The minimum absolute atomic E-state index is 0.178. The molecule has 19 heavy (non-hydrogen) atoms.